The lowest BCUT2D eigenvalue weighted by molar-refractivity contribution is 0.296. The molecule has 28 heavy (non-hydrogen) atoms. The number of nitrogens with one attached hydrogen (secondary N) is 2. The Kier molecular flexibility index (Phi) is 11.5. The maximum absolute atomic E-state index is 13.6. The molecule has 1 aliphatic rings. The second-order valence-corrected chi connectivity index (χ2v) is 9.29. The number of benzene rings is 1. The van der Waals surface area contributed by atoms with Crippen molar-refractivity contribution >= 4 is 40.7 Å². The fourth-order valence-corrected chi connectivity index (χ4v) is 4.99. The van der Waals surface area contributed by atoms with Gasteiger partial charge in [0.25, 0.3) is 0 Å². The summed E-state index contributed by atoms with van der Waals surface area (Å²) < 4.78 is 25.7. The van der Waals surface area contributed by atoms with Gasteiger partial charge in [0.05, 0.1) is 6.04 Å². The second-order valence-electron chi connectivity index (χ2n) is 7.29. The highest BCUT2D eigenvalue weighted by Crippen LogP contribution is 2.23. The van der Waals surface area contributed by atoms with Crippen LogP contribution in [0, 0.1) is 5.82 Å². The fourth-order valence-electron chi connectivity index (χ4n) is 3.64. The highest BCUT2D eigenvalue weighted by molar-refractivity contribution is 14.0. The molecule has 5 nitrogen and oxygen atoms in total. The molecular formula is C20H34FIN4OS. The first kappa shape index (κ1) is 25.3. The maximum Gasteiger partial charge on any atom is 0.191 e. The molecule has 0 bridgehead atoms. The molecule has 0 spiro atoms. The van der Waals surface area contributed by atoms with E-state index in [1.165, 1.54) is 6.07 Å². The van der Waals surface area contributed by atoms with Crippen molar-refractivity contribution < 1.29 is 8.60 Å². The van der Waals surface area contributed by atoms with Crippen LogP contribution in [-0.2, 0) is 10.8 Å². The molecule has 2 rings (SSSR count). The van der Waals surface area contributed by atoms with E-state index in [-0.39, 0.29) is 47.1 Å². The summed E-state index contributed by atoms with van der Waals surface area (Å²) in [6, 6.07) is 7.04. The maximum atomic E-state index is 13.6. The molecule has 0 heterocycles. The van der Waals surface area contributed by atoms with Crippen LogP contribution >= 0.6 is 24.0 Å². The Balaban J connectivity index is 0.00000392. The van der Waals surface area contributed by atoms with Gasteiger partial charge in [-0.25, -0.2) is 4.39 Å². The van der Waals surface area contributed by atoms with Gasteiger partial charge < -0.3 is 15.5 Å². The summed E-state index contributed by atoms with van der Waals surface area (Å²) in [5.41, 5.74) is 0.930. The van der Waals surface area contributed by atoms with Crippen molar-refractivity contribution in [3.8, 4) is 0 Å². The van der Waals surface area contributed by atoms with Crippen molar-refractivity contribution in [2.24, 2.45) is 4.99 Å². The Labute approximate surface area is 188 Å². The van der Waals surface area contributed by atoms with Crippen molar-refractivity contribution in [1.82, 2.24) is 15.5 Å². The molecule has 0 amide bonds. The molecule has 1 fully saturated rings. The Bertz CT molecular complexity index is 659. The van der Waals surface area contributed by atoms with Gasteiger partial charge in [-0.3, -0.25) is 9.20 Å². The Hall–Kier alpha value is -0.740. The molecule has 1 aliphatic carbocycles. The average Bonchev–Trinajstić information content (AvgIpc) is 2.66. The van der Waals surface area contributed by atoms with Crippen LogP contribution in [0.5, 0.6) is 0 Å². The van der Waals surface area contributed by atoms with Crippen molar-refractivity contribution in [3.63, 3.8) is 0 Å². The van der Waals surface area contributed by atoms with E-state index in [4.69, 9.17) is 0 Å². The van der Waals surface area contributed by atoms with Crippen LogP contribution in [0.25, 0.3) is 0 Å². The third-order valence-electron chi connectivity index (χ3n) is 5.17. The lowest BCUT2D eigenvalue weighted by atomic mass is 9.95. The number of aliphatic imine (C=N–C) groups is 1. The van der Waals surface area contributed by atoms with Gasteiger partial charge in [-0.2, -0.15) is 0 Å². The monoisotopic (exact) mass is 524 g/mol. The average molecular weight is 524 g/mol. The Morgan fingerprint density at radius 3 is 2.75 bits per heavy atom. The van der Waals surface area contributed by atoms with Crippen LogP contribution in [0.15, 0.2) is 29.3 Å². The van der Waals surface area contributed by atoms with Gasteiger partial charge in [0.1, 0.15) is 5.82 Å². The quantitative estimate of drug-likeness (QED) is 0.327. The number of likely N-dealkylation sites (N-methyl/N-ethyl adjacent to an activating group) is 1. The number of nitrogens with zero attached hydrogens (tertiary/aromatic N) is 2. The van der Waals surface area contributed by atoms with Crippen molar-refractivity contribution in [2.45, 2.75) is 49.9 Å². The molecule has 4 atom stereocenters. The number of rotatable bonds is 7. The summed E-state index contributed by atoms with van der Waals surface area (Å²) in [5, 5.41) is 7.14. The van der Waals surface area contributed by atoms with Crippen molar-refractivity contribution in [3.05, 3.63) is 35.6 Å². The van der Waals surface area contributed by atoms with Gasteiger partial charge in [-0.05, 0) is 51.1 Å². The minimum absolute atomic E-state index is 0. The minimum Gasteiger partial charge on any atom is -0.354 e. The van der Waals surface area contributed by atoms with Crippen LogP contribution in [-0.4, -0.2) is 59.8 Å². The van der Waals surface area contributed by atoms with Crippen LogP contribution in [0.2, 0.25) is 0 Å². The standard InChI is InChI=1S/C20H33FN4OS.HI/c1-5-27(26)18-11-7-10-17(13-18)24-20(22-2)23-14-19(25(3)4)15-8-6-9-16(21)12-15;/h6,8-9,12,17-19H,5,7,10-11,13-14H2,1-4H3,(H2,22,23,24);1H. The minimum atomic E-state index is -0.738. The predicted molar refractivity (Wildman–Crippen MR) is 127 cm³/mol. The van der Waals surface area contributed by atoms with E-state index in [2.05, 4.69) is 20.5 Å². The lowest BCUT2D eigenvalue weighted by Crippen LogP contribution is -2.48. The Morgan fingerprint density at radius 2 is 2.14 bits per heavy atom. The van der Waals surface area contributed by atoms with Gasteiger partial charge in [-0.1, -0.05) is 25.5 Å². The van der Waals surface area contributed by atoms with E-state index in [1.54, 1.807) is 19.2 Å². The number of hydrogen-bond acceptors (Lipinski definition) is 3. The van der Waals surface area contributed by atoms with Crippen LogP contribution < -0.4 is 10.6 Å². The smallest absolute Gasteiger partial charge is 0.191 e. The summed E-state index contributed by atoms with van der Waals surface area (Å²) in [4.78, 5) is 6.41. The van der Waals surface area contributed by atoms with Crippen molar-refractivity contribution in [1.29, 1.82) is 0 Å². The SMILES string of the molecule is CCS(=O)C1CCCC(NC(=NC)NCC(c2cccc(F)c2)N(C)C)C1.I. The molecule has 0 aliphatic heterocycles. The molecule has 160 valence electrons. The molecule has 8 heteroatoms. The van der Waals surface area contributed by atoms with Crippen LogP contribution in [0.1, 0.15) is 44.2 Å². The normalized spacial score (nSPS) is 22.3. The second kappa shape index (κ2) is 12.7. The van der Waals surface area contributed by atoms with E-state index < -0.39 is 10.8 Å². The van der Waals surface area contributed by atoms with Crippen LogP contribution in [0.3, 0.4) is 0 Å². The zero-order valence-electron chi connectivity index (χ0n) is 17.3. The van der Waals surface area contributed by atoms with E-state index in [0.717, 1.165) is 43.0 Å². The first-order valence-electron chi connectivity index (χ1n) is 9.70. The molecule has 2 N–H and O–H groups in total. The summed E-state index contributed by atoms with van der Waals surface area (Å²) >= 11 is 0. The summed E-state index contributed by atoms with van der Waals surface area (Å²) in [7, 11) is 4.99. The van der Waals surface area contributed by atoms with Gasteiger partial charge in [0.2, 0.25) is 0 Å². The van der Waals surface area contributed by atoms with Gasteiger partial charge in [0, 0.05) is 41.4 Å². The summed E-state index contributed by atoms with van der Waals surface area (Å²) in [6.07, 6.45) is 4.13. The predicted octanol–water partition coefficient (Wildman–Crippen LogP) is 3.29. The molecular weight excluding hydrogens is 490 g/mol. The summed E-state index contributed by atoms with van der Waals surface area (Å²) in [6.45, 7) is 2.61. The topological polar surface area (TPSA) is 56.7 Å². The molecule has 0 aromatic heterocycles. The molecule has 0 radical (unpaired) electrons. The zero-order valence-corrected chi connectivity index (χ0v) is 20.4. The first-order chi connectivity index (χ1) is 12.9. The molecule has 1 aromatic rings. The molecule has 4 unspecified atom stereocenters. The Morgan fingerprint density at radius 1 is 1.39 bits per heavy atom. The highest BCUT2D eigenvalue weighted by atomic mass is 127. The number of halogens is 2. The highest BCUT2D eigenvalue weighted by Gasteiger charge is 2.26. The third-order valence-corrected chi connectivity index (χ3v) is 6.91. The van der Waals surface area contributed by atoms with E-state index >= 15 is 0 Å². The molecule has 0 saturated heterocycles. The van der Waals surface area contributed by atoms with Crippen LogP contribution in [0.4, 0.5) is 4.39 Å². The summed E-state index contributed by atoms with van der Waals surface area (Å²) in [5.74, 6) is 1.24. The van der Waals surface area contributed by atoms with Gasteiger partial charge >= 0.3 is 0 Å². The van der Waals surface area contributed by atoms with Crippen molar-refractivity contribution in [2.75, 3.05) is 33.4 Å². The fraction of sp³-hybridized carbons (Fsp3) is 0.650. The molecule has 1 saturated carbocycles. The van der Waals surface area contributed by atoms with E-state index in [0.29, 0.717) is 6.54 Å². The first-order valence-corrected chi connectivity index (χ1v) is 11.1. The van der Waals surface area contributed by atoms with E-state index in [9.17, 15) is 8.60 Å². The number of hydrogen-bond donors (Lipinski definition) is 2. The van der Waals surface area contributed by atoms with E-state index in [1.807, 2.05) is 27.1 Å². The zero-order chi connectivity index (χ0) is 19.8. The van der Waals surface area contributed by atoms with Gasteiger partial charge in [-0.15, -0.1) is 24.0 Å². The number of guanidine groups is 1. The molecule has 1 aromatic carbocycles. The lowest BCUT2D eigenvalue weighted by Gasteiger charge is -2.31. The largest absolute Gasteiger partial charge is 0.354 e. The third kappa shape index (κ3) is 7.59. The van der Waals surface area contributed by atoms with Gasteiger partial charge in [0.15, 0.2) is 5.96 Å².